The maximum Gasteiger partial charge on any atom is 0.239 e. The van der Waals surface area contributed by atoms with E-state index in [2.05, 4.69) is 39.9 Å². The van der Waals surface area contributed by atoms with Crippen LogP contribution < -0.4 is 0 Å². The molecule has 0 aliphatic carbocycles. The van der Waals surface area contributed by atoms with E-state index in [4.69, 9.17) is 0 Å². The molecule has 2 heterocycles. The van der Waals surface area contributed by atoms with Gasteiger partial charge in [-0.05, 0) is 41.2 Å². The molecular weight excluding hydrogens is 380 g/mol. The van der Waals surface area contributed by atoms with Gasteiger partial charge >= 0.3 is 0 Å². The zero-order chi connectivity index (χ0) is 17.6. The van der Waals surface area contributed by atoms with Gasteiger partial charge in [-0.2, -0.15) is 0 Å². The Morgan fingerprint density at radius 3 is 2.60 bits per heavy atom. The van der Waals surface area contributed by atoms with Gasteiger partial charge in [0.15, 0.2) is 0 Å². The number of nitro groups is 1. The van der Waals surface area contributed by atoms with E-state index >= 15 is 0 Å². The molecule has 0 unspecified atom stereocenters. The van der Waals surface area contributed by atoms with Crippen molar-refractivity contribution in [2.75, 3.05) is 13.1 Å². The molecule has 2 aliphatic heterocycles. The summed E-state index contributed by atoms with van der Waals surface area (Å²) in [5, 5.41) is 12.2. The standard InChI is InChI=1S/C20H21BrN2O2/c1-13-12-22-11-10-14-4-2-3-5-17(14)19(22)20(23(24)25)18(13)15-6-8-16(21)9-7-15/h2-9,13,18-20H,10-12H2,1H3/t13-,18+,19-,20+/m1/s1. The molecule has 0 aromatic heterocycles. The predicted molar refractivity (Wildman–Crippen MR) is 101 cm³/mol. The van der Waals surface area contributed by atoms with Gasteiger partial charge in [0.2, 0.25) is 6.04 Å². The highest BCUT2D eigenvalue weighted by Gasteiger charge is 2.51. The van der Waals surface area contributed by atoms with E-state index in [-0.39, 0.29) is 22.8 Å². The molecule has 2 aromatic carbocycles. The van der Waals surface area contributed by atoms with Gasteiger partial charge in [0.25, 0.3) is 0 Å². The fourth-order valence-corrected chi connectivity index (χ4v) is 4.99. The number of benzene rings is 2. The van der Waals surface area contributed by atoms with Crippen LogP contribution in [0.15, 0.2) is 53.0 Å². The third-order valence-electron chi connectivity index (χ3n) is 5.76. The zero-order valence-corrected chi connectivity index (χ0v) is 15.7. The Kier molecular flexibility index (Phi) is 4.38. The summed E-state index contributed by atoms with van der Waals surface area (Å²) in [6, 6.07) is 15.5. The van der Waals surface area contributed by atoms with Gasteiger partial charge in [-0.25, -0.2) is 0 Å². The van der Waals surface area contributed by atoms with E-state index in [0.29, 0.717) is 0 Å². The van der Waals surface area contributed by atoms with Crippen molar-refractivity contribution in [1.29, 1.82) is 0 Å². The lowest BCUT2D eigenvalue weighted by atomic mass is 9.71. The van der Waals surface area contributed by atoms with Crippen LogP contribution in [0.2, 0.25) is 0 Å². The van der Waals surface area contributed by atoms with Gasteiger partial charge in [-0.1, -0.05) is 59.3 Å². The van der Waals surface area contributed by atoms with Crippen LogP contribution in [0.5, 0.6) is 0 Å². The Balaban J connectivity index is 1.81. The molecule has 0 amide bonds. The average molecular weight is 401 g/mol. The van der Waals surface area contributed by atoms with Crippen LogP contribution in [0.25, 0.3) is 0 Å². The van der Waals surface area contributed by atoms with Crippen molar-refractivity contribution in [3.05, 3.63) is 79.8 Å². The number of nitrogens with zero attached hydrogens (tertiary/aromatic N) is 2. The average Bonchev–Trinajstić information content (AvgIpc) is 2.61. The third kappa shape index (κ3) is 2.89. The van der Waals surface area contributed by atoms with Crippen LogP contribution in [-0.2, 0) is 6.42 Å². The first kappa shape index (κ1) is 16.7. The molecule has 4 nitrogen and oxygen atoms in total. The maximum absolute atomic E-state index is 12.2. The second-order valence-corrected chi connectivity index (χ2v) is 8.13. The fraction of sp³-hybridized carbons (Fsp3) is 0.400. The summed E-state index contributed by atoms with van der Waals surface area (Å²) < 4.78 is 1.00. The molecule has 4 atom stereocenters. The van der Waals surface area contributed by atoms with Crippen LogP contribution in [0.4, 0.5) is 0 Å². The van der Waals surface area contributed by atoms with Crippen LogP contribution >= 0.6 is 15.9 Å². The maximum atomic E-state index is 12.2. The van der Waals surface area contributed by atoms with Gasteiger partial charge in [0.05, 0.1) is 5.92 Å². The van der Waals surface area contributed by atoms with Crippen molar-refractivity contribution in [2.45, 2.75) is 31.3 Å². The van der Waals surface area contributed by atoms with Crippen molar-refractivity contribution in [3.63, 3.8) is 0 Å². The molecule has 1 saturated heterocycles. The number of halogens is 1. The molecule has 1 fully saturated rings. The highest BCUT2D eigenvalue weighted by molar-refractivity contribution is 9.10. The highest BCUT2D eigenvalue weighted by Crippen LogP contribution is 2.46. The van der Waals surface area contributed by atoms with E-state index in [1.54, 1.807) is 0 Å². The van der Waals surface area contributed by atoms with Crippen molar-refractivity contribution in [3.8, 4) is 0 Å². The van der Waals surface area contributed by atoms with Crippen molar-refractivity contribution < 1.29 is 4.92 Å². The number of rotatable bonds is 2. The first-order valence-electron chi connectivity index (χ1n) is 8.77. The minimum Gasteiger partial charge on any atom is -0.290 e. The van der Waals surface area contributed by atoms with Crippen LogP contribution in [-0.4, -0.2) is 29.0 Å². The highest BCUT2D eigenvalue weighted by atomic mass is 79.9. The van der Waals surface area contributed by atoms with E-state index < -0.39 is 6.04 Å². The Hall–Kier alpha value is -1.72. The van der Waals surface area contributed by atoms with Crippen molar-refractivity contribution in [2.24, 2.45) is 5.92 Å². The van der Waals surface area contributed by atoms with Crippen LogP contribution in [0.3, 0.4) is 0 Å². The predicted octanol–water partition coefficient (Wildman–Crippen LogP) is 4.43. The monoisotopic (exact) mass is 400 g/mol. The molecule has 2 aliphatic rings. The Bertz CT molecular complexity index is 793. The molecule has 5 heteroatoms. The lowest BCUT2D eigenvalue weighted by molar-refractivity contribution is -0.542. The summed E-state index contributed by atoms with van der Waals surface area (Å²) in [4.78, 5) is 14.5. The minimum absolute atomic E-state index is 0.0395. The quantitative estimate of drug-likeness (QED) is 0.553. The van der Waals surface area contributed by atoms with Crippen molar-refractivity contribution in [1.82, 2.24) is 4.90 Å². The summed E-state index contributed by atoms with van der Waals surface area (Å²) >= 11 is 3.46. The number of piperidine rings is 1. The molecule has 0 spiro atoms. The first-order valence-corrected chi connectivity index (χ1v) is 9.56. The van der Waals surface area contributed by atoms with Gasteiger partial charge in [-0.15, -0.1) is 0 Å². The van der Waals surface area contributed by atoms with E-state index in [1.807, 2.05) is 36.4 Å². The molecule has 2 aromatic rings. The largest absolute Gasteiger partial charge is 0.290 e. The second kappa shape index (κ2) is 6.54. The number of hydrogen-bond acceptors (Lipinski definition) is 3. The van der Waals surface area contributed by atoms with Gasteiger partial charge in [0.1, 0.15) is 6.04 Å². The normalized spacial score (nSPS) is 28.9. The Labute approximate surface area is 156 Å². The van der Waals surface area contributed by atoms with E-state index in [0.717, 1.165) is 35.1 Å². The fourth-order valence-electron chi connectivity index (χ4n) is 4.73. The number of hydrogen-bond donors (Lipinski definition) is 0. The van der Waals surface area contributed by atoms with Gasteiger partial charge < -0.3 is 0 Å². The molecular formula is C20H21BrN2O2. The molecule has 130 valence electrons. The lowest BCUT2D eigenvalue weighted by Crippen LogP contribution is -2.54. The van der Waals surface area contributed by atoms with Crippen LogP contribution in [0.1, 0.15) is 35.6 Å². The zero-order valence-electron chi connectivity index (χ0n) is 14.1. The topological polar surface area (TPSA) is 46.4 Å². The second-order valence-electron chi connectivity index (χ2n) is 7.22. The summed E-state index contributed by atoms with van der Waals surface area (Å²) in [7, 11) is 0. The summed E-state index contributed by atoms with van der Waals surface area (Å²) in [5.74, 6) is 0.175. The lowest BCUT2D eigenvalue weighted by Gasteiger charge is -2.47. The molecule has 0 radical (unpaired) electrons. The van der Waals surface area contributed by atoms with Crippen molar-refractivity contribution >= 4 is 15.9 Å². The third-order valence-corrected chi connectivity index (χ3v) is 6.29. The molecule has 4 rings (SSSR count). The SMILES string of the molecule is C[C@@H]1CN2CCc3ccccc3[C@@H]2[C@@H]([N+](=O)[O-])[C@@H]1c1ccc(Br)cc1. The molecule has 25 heavy (non-hydrogen) atoms. The summed E-state index contributed by atoms with van der Waals surface area (Å²) in [6.45, 7) is 3.97. The van der Waals surface area contributed by atoms with Crippen LogP contribution in [0, 0.1) is 16.0 Å². The van der Waals surface area contributed by atoms with Gasteiger partial charge in [-0.3, -0.25) is 15.0 Å². The van der Waals surface area contributed by atoms with Gasteiger partial charge in [0, 0.05) is 22.5 Å². The molecule has 0 N–H and O–H groups in total. The smallest absolute Gasteiger partial charge is 0.239 e. The molecule has 0 saturated carbocycles. The van der Waals surface area contributed by atoms with E-state index in [1.165, 1.54) is 5.56 Å². The first-order chi connectivity index (χ1) is 12.1. The Morgan fingerprint density at radius 2 is 1.88 bits per heavy atom. The molecule has 0 bridgehead atoms. The van der Waals surface area contributed by atoms with E-state index in [9.17, 15) is 10.1 Å². The number of fused-ring (bicyclic) bond motifs is 3. The minimum atomic E-state index is -0.619. The summed E-state index contributed by atoms with van der Waals surface area (Å²) in [6.07, 6.45) is 0.979. The Morgan fingerprint density at radius 1 is 1.16 bits per heavy atom. The summed E-state index contributed by atoms with van der Waals surface area (Å²) in [5.41, 5.74) is 3.48.